The van der Waals surface area contributed by atoms with Gasteiger partial charge in [-0.25, -0.2) is 0 Å². The Bertz CT molecular complexity index is 540. The van der Waals surface area contributed by atoms with Crippen LogP contribution in [0.5, 0.6) is 0 Å². The Hall–Kier alpha value is -1.49. The first-order valence-electron chi connectivity index (χ1n) is 5.54. The molecule has 0 aromatic carbocycles. The first-order valence-corrected chi connectivity index (χ1v) is 5.92. The molecule has 5 nitrogen and oxygen atoms in total. The number of anilines is 1. The third kappa shape index (κ3) is 2.15. The van der Waals surface area contributed by atoms with Gasteiger partial charge in [0.15, 0.2) is 0 Å². The van der Waals surface area contributed by atoms with Gasteiger partial charge < -0.3 is 5.73 Å². The molecule has 17 heavy (non-hydrogen) atoms. The lowest BCUT2D eigenvalue weighted by molar-refractivity contribution is 0.569. The summed E-state index contributed by atoms with van der Waals surface area (Å²) in [5, 5.41) is 9.31. The van der Waals surface area contributed by atoms with E-state index in [1.165, 1.54) is 0 Å². The van der Waals surface area contributed by atoms with E-state index in [2.05, 4.69) is 10.2 Å². The van der Waals surface area contributed by atoms with Gasteiger partial charge in [-0.05, 0) is 20.8 Å². The summed E-state index contributed by atoms with van der Waals surface area (Å²) in [6, 6.07) is 1.84. The van der Waals surface area contributed by atoms with E-state index in [4.69, 9.17) is 17.3 Å². The minimum absolute atomic E-state index is 0.526. The molecule has 0 radical (unpaired) electrons. The van der Waals surface area contributed by atoms with Crippen molar-refractivity contribution < 1.29 is 0 Å². The number of rotatable bonds is 3. The summed E-state index contributed by atoms with van der Waals surface area (Å²) in [6.07, 6.45) is 0. The smallest absolute Gasteiger partial charge is 0.145 e. The maximum atomic E-state index is 6.25. The van der Waals surface area contributed by atoms with Gasteiger partial charge in [-0.3, -0.25) is 9.36 Å². The molecular formula is C11H16ClN5. The SMILES string of the molecule is CCn1nc(C)c(Cl)c1Cn1nc(N)cc1C. The summed E-state index contributed by atoms with van der Waals surface area (Å²) in [5.41, 5.74) is 8.49. The van der Waals surface area contributed by atoms with Crippen LogP contribution in [0, 0.1) is 13.8 Å². The molecule has 0 spiro atoms. The van der Waals surface area contributed by atoms with Crippen LogP contribution < -0.4 is 5.73 Å². The molecule has 0 aliphatic carbocycles. The summed E-state index contributed by atoms with van der Waals surface area (Å²) in [4.78, 5) is 0. The fourth-order valence-electron chi connectivity index (χ4n) is 1.86. The maximum absolute atomic E-state index is 6.25. The second kappa shape index (κ2) is 4.41. The summed E-state index contributed by atoms with van der Waals surface area (Å²) in [6.45, 7) is 7.30. The predicted octanol–water partition coefficient (Wildman–Crippen LogP) is 2.00. The van der Waals surface area contributed by atoms with Gasteiger partial charge in [-0.2, -0.15) is 10.2 Å². The lowest BCUT2D eigenvalue weighted by Crippen LogP contribution is -2.10. The predicted molar refractivity (Wildman–Crippen MR) is 68.1 cm³/mol. The third-order valence-electron chi connectivity index (χ3n) is 2.75. The quantitative estimate of drug-likeness (QED) is 0.910. The number of hydrogen-bond acceptors (Lipinski definition) is 3. The minimum Gasteiger partial charge on any atom is -0.382 e. The highest BCUT2D eigenvalue weighted by atomic mass is 35.5. The normalized spacial score (nSPS) is 11.1. The van der Waals surface area contributed by atoms with Crippen LogP contribution in [-0.2, 0) is 13.1 Å². The summed E-state index contributed by atoms with van der Waals surface area (Å²) in [5.74, 6) is 0.526. The monoisotopic (exact) mass is 253 g/mol. The molecule has 2 aromatic rings. The Kier molecular flexibility index (Phi) is 3.11. The van der Waals surface area contributed by atoms with E-state index in [0.29, 0.717) is 17.4 Å². The molecule has 0 aliphatic heterocycles. The van der Waals surface area contributed by atoms with Crippen LogP contribution in [0.2, 0.25) is 5.02 Å². The van der Waals surface area contributed by atoms with Crippen molar-refractivity contribution in [2.24, 2.45) is 0 Å². The molecule has 6 heteroatoms. The van der Waals surface area contributed by atoms with Gasteiger partial charge in [0, 0.05) is 18.3 Å². The zero-order valence-corrected chi connectivity index (χ0v) is 11.0. The molecule has 2 heterocycles. The van der Waals surface area contributed by atoms with E-state index in [1.54, 1.807) is 0 Å². The van der Waals surface area contributed by atoms with Crippen LogP contribution in [0.25, 0.3) is 0 Å². The zero-order chi connectivity index (χ0) is 12.6. The van der Waals surface area contributed by atoms with Gasteiger partial charge in [-0.15, -0.1) is 0 Å². The molecular weight excluding hydrogens is 238 g/mol. The molecule has 2 N–H and O–H groups in total. The van der Waals surface area contributed by atoms with E-state index >= 15 is 0 Å². The number of aryl methyl sites for hydroxylation is 3. The molecule has 2 aromatic heterocycles. The van der Waals surface area contributed by atoms with Gasteiger partial charge in [0.2, 0.25) is 0 Å². The van der Waals surface area contributed by atoms with Crippen LogP contribution in [0.4, 0.5) is 5.82 Å². The van der Waals surface area contributed by atoms with E-state index < -0.39 is 0 Å². The third-order valence-corrected chi connectivity index (χ3v) is 3.24. The number of nitrogen functional groups attached to an aromatic ring is 1. The second-order valence-electron chi connectivity index (χ2n) is 4.03. The van der Waals surface area contributed by atoms with Gasteiger partial charge in [0.05, 0.1) is 23.0 Å². The second-order valence-corrected chi connectivity index (χ2v) is 4.41. The topological polar surface area (TPSA) is 61.7 Å². The Morgan fingerprint density at radius 1 is 1.29 bits per heavy atom. The Morgan fingerprint density at radius 3 is 2.53 bits per heavy atom. The molecule has 0 amide bonds. The number of nitrogens with two attached hydrogens (primary N) is 1. The summed E-state index contributed by atoms with van der Waals surface area (Å²) in [7, 11) is 0. The maximum Gasteiger partial charge on any atom is 0.145 e. The van der Waals surface area contributed by atoms with E-state index in [9.17, 15) is 0 Å². The molecule has 0 unspecified atom stereocenters. The van der Waals surface area contributed by atoms with Crippen LogP contribution in [-0.4, -0.2) is 19.6 Å². The van der Waals surface area contributed by atoms with Crippen molar-refractivity contribution in [2.45, 2.75) is 33.9 Å². The summed E-state index contributed by atoms with van der Waals surface area (Å²) >= 11 is 6.25. The van der Waals surface area contributed by atoms with E-state index in [-0.39, 0.29) is 0 Å². The zero-order valence-electron chi connectivity index (χ0n) is 10.2. The minimum atomic E-state index is 0.526. The van der Waals surface area contributed by atoms with Crippen molar-refractivity contribution in [3.05, 3.63) is 28.2 Å². The standard InChI is InChI=1S/C11H16ClN5/c1-4-16-9(11(12)8(3)14-16)6-17-7(2)5-10(13)15-17/h5H,4,6H2,1-3H3,(H2,13,15). The highest BCUT2D eigenvalue weighted by molar-refractivity contribution is 6.31. The molecule has 92 valence electrons. The van der Waals surface area contributed by atoms with Crippen molar-refractivity contribution in [1.82, 2.24) is 19.6 Å². The van der Waals surface area contributed by atoms with Crippen molar-refractivity contribution in [2.75, 3.05) is 5.73 Å². The van der Waals surface area contributed by atoms with Crippen LogP contribution in [0.1, 0.15) is 24.0 Å². The molecule has 2 rings (SSSR count). The lowest BCUT2D eigenvalue weighted by Gasteiger charge is -2.07. The fourth-order valence-corrected chi connectivity index (χ4v) is 2.05. The number of hydrogen-bond donors (Lipinski definition) is 1. The van der Waals surface area contributed by atoms with Crippen molar-refractivity contribution >= 4 is 17.4 Å². The average Bonchev–Trinajstić information content (AvgIpc) is 2.73. The largest absolute Gasteiger partial charge is 0.382 e. The molecule has 0 saturated heterocycles. The van der Waals surface area contributed by atoms with E-state index in [0.717, 1.165) is 23.6 Å². The van der Waals surface area contributed by atoms with Crippen molar-refractivity contribution in [3.8, 4) is 0 Å². The summed E-state index contributed by atoms with van der Waals surface area (Å²) < 4.78 is 3.73. The number of nitrogens with zero attached hydrogens (tertiary/aromatic N) is 4. The van der Waals surface area contributed by atoms with Crippen LogP contribution >= 0.6 is 11.6 Å². The Balaban J connectivity index is 2.38. The highest BCUT2D eigenvalue weighted by Crippen LogP contribution is 2.21. The first-order chi connectivity index (χ1) is 8.02. The van der Waals surface area contributed by atoms with Gasteiger partial charge in [-0.1, -0.05) is 11.6 Å². The van der Waals surface area contributed by atoms with Crippen LogP contribution in [0.15, 0.2) is 6.07 Å². The average molecular weight is 254 g/mol. The van der Waals surface area contributed by atoms with Gasteiger partial charge in [0.25, 0.3) is 0 Å². The Morgan fingerprint density at radius 2 is 2.00 bits per heavy atom. The molecule has 0 aliphatic rings. The van der Waals surface area contributed by atoms with Crippen LogP contribution in [0.3, 0.4) is 0 Å². The van der Waals surface area contributed by atoms with Crippen molar-refractivity contribution in [1.29, 1.82) is 0 Å². The number of aromatic nitrogens is 4. The number of halogens is 1. The van der Waals surface area contributed by atoms with Crippen molar-refractivity contribution in [3.63, 3.8) is 0 Å². The molecule has 0 atom stereocenters. The van der Waals surface area contributed by atoms with E-state index in [1.807, 2.05) is 36.2 Å². The highest BCUT2D eigenvalue weighted by Gasteiger charge is 2.14. The van der Waals surface area contributed by atoms with Gasteiger partial charge >= 0.3 is 0 Å². The molecule has 0 saturated carbocycles. The Labute approximate surface area is 105 Å². The van der Waals surface area contributed by atoms with Gasteiger partial charge in [0.1, 0.15) is 5.82 Å². The lowest BCUT2D eigenvalue weighted by atomic mass is 10.3. The fraction of sp³-hybridized carbons (Fsp3) is 0.455. The molecule has 0 fully saturated rings. The molecule has 0 bridgehead atoms. The first kappa shape index (κ1) is 12.0.